The summed E-state index contributed by atoms with van der Waals surface area (Å²) in [6, 6.07) is 6.29. The summed E-state index contributed by atoms with van der Waals surface area (Å²) in [5.41, 5.74) is 4.97. The van der Waals surface area contributed by atoms with E-state index in [4.69, 9.17) is 0 Å². The predicted octanol–water partition coefficient (Wildman–Crippen LogP) is 10.2. The Morgan fingerprint density at radius 1 is 1.11 bits per heavy atom. The third-order valence-corrected chi connectivity index (χ3v) is 9.72. The number of para-hydroxylation sites is 1. The van der Waals surface area contributed by atoms with E-state index in [1.807, 2.05) is 25.7 Å². The van der Waals surface area contributed by atoms with Crippen LogP contribution in [-0.2, 0) is 4.79 Å². The second-order valence-electron chi connectivity index (χ2n) is 12.9. The Kier molecular flexibility index (Phi) is 23.7. The fourth-order valence-corrected chi connectivity index (χ4v) is 6.96. The number of unbranched alkanes of at least 4 members (excludes halogenated alkanes) is 1. The zero-order chi connectivity index (χ0) is 33.3. The molecule has 0 radical (unpaired) electrons. The first kappa shape index (κ1) is 40.9. The Balaban J connectivity index is 0.000000852. The summed E-state index contributed by atoms with van der Waals surface area (Å²) >= 11 is 1.97. The molecule has 2 rings (SSSR count). The molecule has 0 spiro atoms. The molecule has 1 saturated heterocycles. The van der Waals surface area contributed by atoms with E-state index in [-0.39, 0.29) is 0 Å². The van der Waals surface area contributed by atoms with Gasteiger partial charge >= 0.3 is 0 Å². The molecule has 254 valence electrons. The number of thioether (sulfide) groups is 1. The van der Waals surface area contributed by atoms with Crippen LogP contribution in [0.2, 0.25) is 0 Å². The van der Waals surface area contributed by atoms with Crippen LogP contribution in [0.5, 0.6) is 0 Å². The largest absolute Gasteiger partial charge is 0.388 e. The number of hydrogen-bond donors (Lipinski definition) is 2. The molecule has 2 N–H and O–H groups in total. The van der Waals surface area contributed by atoms with Gasteiger partial charge in [-0.15, -0.1) is 11.8 Å². The molecule has 0 aromatic heterocycles. The van der Waals surface area contributed by atoms with Crippen molar-refractivity contribution < 1.29 is 4.79 Å². The highest BCUT2D eigenvalue weighted by Gasteiger charge is 2.23. The summed E-state index contributed by atoms with van der Waals surface area (Å²) in [5.74, 6) is 3.00. The lowest BCUT2D eigenvalue weighted by Crippen LogP contribution is -2.36. The van der Waals surface area contributed by atoms with Gasteiger partial charge in [0.2, 0.25) is 0 Å². The van der Waals surface area contributed by atoms with Gasteiger partial charge in [-0.25, -0.2) is 0 Å². The second kappa shape index (κ2) is 26.0. The smallest absolute Gasteiger partial charge is 0.120 e. The number of benzene rings is 1. The average molecular weight is 638 g/mol. The molecule has 1 aliphatic heterocycles. The number of aldehydes is 1. The first-order valence-corrected chi connectivity index (χ1v) is 18.6. The van der Waals surface area contributed by atoms with Gasteiger partial charge in [-0.2, -0.15) is 0 Å². The maximum Gasteiger partial charge on any atom is 0.120 e. The minimum atomic E-state index is 0.536. The van der Waals surface area contributed by atoms with Gasteiger partial charge in [-0.1, -0.05) is 94.3 Å². The summed E-state index contributed by atoms with van der Waals surface area (Å²) in [6.07, 6.45) is 22.7. The molecule has 0 saturated carbocycles. The summed E-state index contributed by atoms with van der Waals surface area (Å²) in [6.45, 7) is 22.7. The van der Waals surface area contributed by atoms with E-state index in [0.717, 1.165) is 50.0 Å². The van der Waals surface area contributed by atoms with Crippen molar-refractivity contribution >= 4 is 23.7 Å². The zero-order valence-electron chi connectivity index (χ0n) is 30.0. The number of anilines is 1. The topological polar surface area (TPSA) is 44.4 Å². The number of carbonyl (C=O) groups is 1. The Hall–Kier alpha value is -2.08. The van der Waals surface area contributed by atoms with Crippen LogP contribution >= 0.6 is 11.8 Å². The van der Waals surface area contributed by atoms with E-state index in [1.165, 1.54) is 79.9 Å². The van der Waals surface area contributed by atoms with Crippen LogP contribution in [0.1, 0.15) is 96.6 Å². The number of allylic oxidation sites excluding steroid dienone is 5. The Labute approximate surface area is 282 Å². The van der Waals surface area contributed by atoms with Crippen LogP contribution in [0.3, 0.4) is 0 Å². The highest BCUT2D eigenvalue weighted by molar-refractivity contribution is 8.03. The van der Waals surface area contributed by atoms with Crippen molar-refractivity contribution in [3.63, 3.8) is 0 Å². The molecular weight excluding hydrogens is 571 g/mol. The third-order valence-electron chi connectivity index (χ3n) is 8.68. The number of aryl methyl sites for hydroxylation is 2. The number of carbonyl (C=O) groups excluding carboxylic acids is 1. The predicted molar refractivity (Wildman–Crippen MR) is 204 cm³/mol. The van der Waals surface area contributed by atoms with Crippen molar-refractivity contribution in [1.29, 1.82) is 0 Å². The molecular formula is C40H67N3OS. The molecule has 3 atom stereocenters. The van der Waals surface area contributed by atoms with Crippen LogP contribution < -0.4 is 10.6 Å². The summed E-state index contributed by atoms with van der Waals surface area (Å²) in [5, 5.41) is 6.97. The summed E-state index contributed by atoms with van der Waals surface area (Å²) in [4.78, 5) is 15.1. The van der Waals surface area contributed by atoms with E-state index in [0.29, 0.717) is 17.8 Å². The quantitative estimate of drug-likeness (QED) is 0.0846. The van der Waals surface area contributed by atoms with Crippen LogP contribution in [0, 0.1) is 31.6 Å². The fraction of sp³-hybridized carbons (Fsp3) is 0.625. The number of nitrogens with zero attached hydrogens (tertiary/aromatic N) is 1. The van der Waals surface area contributed by atoms with Crippen LogP contribution in [0.25, 0.3) is 0 Å². The highest BCUT2D eigenvalue weighted by atomic mass is 32.2. The SMILES string of the molecule is C=C(C)/C=C\C/C=C\CS/C(=C/CCC)CNCC(CCC)CN1CCCC(C(C)CC=O)CC1.CNc1c(C)cccc1C. The van der Waals surface area contributed by atoms with Gasteiger partial charge in [-0.05, 0) is 113 Å². The molecule has 5 heteroatoms. The Morgan fingerprint density at radius 2 is 1.87 bits per heavy atom. The standard InChI is InChI=1S/C31H54N2OS.C9H13N/c1-6-8-17-31(35-23-12-10-9-11-15-27(3)4)25-32-24-29(14-7-2)26-33-20-13-16-30(18-21-33)28(5)19-22-34;1-7-5-4-6-8(2)9(7)10-3/h10-12,15,17,22,28-30,32H,3,6-9,13-14,16,18-21,23-26H2,1-2,4-5H3;4-6,10H,1-3H3/b12-10-,15-11-,31-17+;. The minimum Gasteiger partial charge on any atom is -0.388 e. The first-order valence-electron chi connectivity index (χ1n) is 17.6. The van der Waals surface area contributed by atoms with Crippen LogP contribution in [0.15, 0.2) is 65.6 Å². The zero-order valence-corrected chi connectivity index (χ0v) is 30.8. The Bertz CT molecular complexity index is 1010. The molecule has 1 aromatic carbocycles. The van der Waals surface area contributed by atoms with Crippen molar-refractivity contribution in [2.45, 2.75) is 99.3 Å². The molecule has 4 nitrogen and oxygen atoms in total. The van der Waals surface area contributed by atoms with Crippen LogP contribution in [0.4, 0.5) is 5.69 Å². The van der Waals surface area contributed by atoms with E-state index >= 15 is 0 Å². The number of likely N-dealkylation sites (tertiary alicyclic amines) is 1. The molecule has 1 aromatic rings. The number of nitrogens with one attached hydrogen (secondary N) is 2. The van der Waals surface area contributed by atoms with Crippen molar-refractivity contribution in [1.82, 2.24) is 10.2 Å². The molecule has 45 heavy (non-hydrogen) atoms. The van der Waals surface area contributed by atoms with Gasteiger partial charge < -0.3 is 20.3 Å². The maximum absolute atomic E-state index is 10.9. The van der Waals surface area contributed by atoms with Crippen molar-refractivity contribution in [2.75, 3.05) is 50.8 Å². The van der Waals surface area contributed by atoms with Crippen molar-refractivity contribution in [2.24, 2.45) is 17.8 Å². The van der Waals surface area contributed by atoms with Gasteiger partial charge in [0, 0.05) is 38.0 Å². The number of hydrogen-bond acceptors (Lipinski definition) is 5. The number of rotatable bonds is 20. The molecule has 0 bridgehead atoms. The van der Waals surface area contributed by atoms with Gasteiger partial charge in [0.25, 0.3) is 0 Å². The molecule has 3 unspecified atom stereocenters. The fourth-order valence-electron chi connectivity index (χ4n) is 6.07. The van der Waals surface area contributed by atoms with Crippen LogP contribution in [-0.4, -0.2) is 56.7 Å². The van der Waals surface area contributed by atoms with E-state index in [2.05, 4.69) is 105 Å². The average Bonchev–Trinajstić information content (AvgIpc) is 3.25. The van der Waals surface area contributed by atoms with Gasteiger partial charge in [-0.3, -0.25) is 0 Å². The summed E-state index contributed by atoms with van der Waals surface area (Å²) < 4.78 is 0. The third kappa shape index (κ3) is 19.2. The first-order chi connectivity index (χ1) is 21.7. The molecule has 0 amide bonds. The Morgan fingerprint density at radius 3 is 2.49 bits per heavy atom. The molecule has 0 aliphatic carbocycles. The normalized spacial score (nSPS) is 17.5. The molecule has 1 heterocycles. The lowest BCUT2D eigenvalue weighted by Gasteiger charge is -2.27. The summed E-state index contributed by atoms with van der Waals surface area (Å²) in [7, 11) is 1.95. The van der Waals surface area contributed by atoms with E-state index in [1.54, 1.807) is 0 Å². The lowest BCUT2D eigenvalue weighted by molar-refractivity contribution is -0.108. The maximum atomic E-state index is 10.9. The van der Waals surface area contributed by atoms with E-state index < -0.39 is 0 Å². The van der Waals surface area contributed by atoms with Crippen molar-refractivity contribution in [3.8, 4) is 0 Å². The van der Waals surface area contributed by atoms with E-state index in [9.17, 15) is 4.79 Å². The van der Waals surface area contributed by atoms with Gasteiger partial charge in [0.1, 0.15) is 6.29 Å². The minimum absolute atomic E-state index is 0.536. The molecule has 1 fully saturated rings. The lowest BCUT2D eigenvalue weighted by atomic mass is 9.86. The van der Waals surface area contributed by atoms with Gasteiger partial charge in [0.15, 0.2) is 0 Å². The monoisotopic (exact) mass is 638 g/mol. The van der Waals surface area contributed by atoms with Gasteiger partial charge in [0.05, 0.1) is 0 Å². The highest BCUT2D eigenvalue weighted by Crippen LogP contribution is 2.27. The second-order valence-corrected chi connectivity index (χ2v) is 14.0. The van der Waals surface area contributed by atoms with Crippen molar-refractivity contribution in [3.05, 3.63) is 76.8 Å². The molecule has 1 aliphatic rings.